The third-order valence-corrected chi connectivity index (χ3v) is 2.27. The van der Waals surface area contributed by atoms with Crippen molar-refractivity contribution in [2.75, 3.05) is 26.4 Å². The quantitative estimate of drug-likeness (QED) is 0.809. The zero-order valence-corrected chi connectivity index (χ0v) is 9.67. The van der Waals surface area contributed by atoms with E-state index >= 15 is 0 Å². The Morgan fingerprint density at radius 2 is 2.07 bits per heavy atom. The number of rotatable bonds is 6. The highest BCUT2D eigenvalue weighted by Gasteiger charge is 2.00. The lowest BCUT2D eigenvalue weighted by molar-refractivity contribution is 0.0704. The number of halogens is 2. The summed E-state index contributed by atoms with van der Waals surface area (Å²) in [4.78, 5) is 0. The minimum atomic E-state index is -0.358. The second-order valence-electron chi connectivity index (χ2n) is 2.76. The number of benzene rings is 1. The normalized spacial score (nSPS) is 10.3. The van der Waals surface area contributed by atoms with E-state index in [-0.39, 0.29) is 19.0 Å². The van der Waals surface area contributed by atoms with E-state index in [1.165, 1.54) is 6.07 Å². The average Bonchev–Trinajstić information content (AvgIpc) is 2.23. The average molecular weight is 279 g/mol. The molecule has 0 aliphatic rings. The molecule has 0 atom stereocenters. The standard InChI is InChI=1S/C10H12BrFO3/c11-9-2-1-8(7-10(9)12)15-6-5-14-4-3-13/h1-2,7,13H,3-6H2. The number of aliphatic hydroxyl groups excluding tert-OH is 1. The molecule has 1 rings (SSSR count). The van der Waals surface area contributed by atoms with E-state index in [1.54, 1.807) is 12.1 Å². The Hall–Kier alpha value is -0.650. The highest BCUT2D eigenvalue weighted by atomic mass is 79.9. The maximum absolute atomic E-state index is 13.0. The second kappa shape index (κ2) is 6.76. The second-order valence-corrected chi connectivity index (χ2v) is 3.61. The van der Waals surface area contributed by atoms with Crippen molar-refractivity contribution in [3.63, 3.8) is 0 Å². The van der Waals surface area contributed by atoms with Gasteiger partial charge in [0.2, 0.25) is 0 Å². The van der Waals surface area contributed by atoms with Gasteiger partial charge in [0, 0.05) is 6.07 Å². The van der Waals surface area contributed by atoms with Crippen molar-refractivity contribution < 1.29 is 19.0 Å². The summed E-state index contributed by atoms with van der Waals surface area (Å²) < 4.78 is 23.6. The van der Waals surface area contributed by atoms with Crippen LogP contribution in [0, 0.1) is 5.82 Å². The molecule has 0 aromatic heterocycles. The highest BCUT2D eigenvalue weighted by molar-refractivity contribution is 9.10. The van der Waals surface area contributed by atoms with Gasteiger partial charge in [0.25, 0.3) is 0 Å². The molecule has 3 nitrogen and oxygen atoms in total. The van der Waals surface area contributed by atoms with Crippen LogP contribution in [0.15, 0.2) is 22.7 Å². The van der Waals surface area contributed by atoms with Gasteiger partial charge >= 0.3 is 0 Å². The monoisotopic (exact) mass is 278 g/mol. The van der Waals surface area contributed by atoms with Crippen molar-refractivity contribution in [2.24, 2.45) is 0 Å². The largest absolute Gasteiger partial charge is 0.491 e. The maximum atomic E-state index is 13.0. The molecular weight excluding hydrogens is 267 g/mol. The Bertz CT molecular complexity index is 307. The van der Waals surface area contributed by atoms with E-state index in [9.17, 15) is 4.39 Å². The lowest BCUT2D eigenvalue weighted by Gasteiger charge is -2.06. The summed E-state index contributed by atoms with van der Waals surface area (Å²) in [5.41, 5.74) is 0. The van der Waals surface area contributed by atoms with Gasteiger partial charge in [0.1, 0.15) is 18.2 Å². The molecular formula is C10H12BrFO3. The van der Waals surface area contributed by atoms with Gasteiger partial charge in [-0.15, -0.1) is 0 Å². The molecule has 1 N–H and O–H groups in total. The molecule has 15 heavy (non-hydrogen) atoms. The molecule has 84 valence electrons. The van der Waals surface area contributed by atoms with Crippen molar-refractivity contribution in [1.29, 1.82) is 0 Å². The minimum Gasteiger partial charge on any atom is -0.491 e. The number of hydrogen-bond donors (Lipinski definition) is 1. The van der Waals surface area contributed by atoms with Crippen molar-refractivity contribution in [2.45, 2.75) is 0 Å². The molecule has 1 aromatic rings. The molecule has 0 aliphatic carbocycles. The van der Waals surface area contributed by atoms with E-state index in [1.807, 2.05) is 0 Å². The SMILES string of the molecule is OCCOCCOc1ccc(Br)c(F)c1. The third-order valence-electron chi connectivity index (χ3n) is 1.62. The Balaban J connectivity index is 2.28. The van der Waals surface area contributed by atoms with Crippen LogP contribution in [0.3, 0.4) is 0 Å². The van der Waals surface area contributed by atoms with Crippen LogP contribution in [0.1, 0.15) is 0 Å². The highest BCUT2D eigenvalue weighted by Crippen LogP contribution is 2.20. The van der Waals surface area contributed by atoms with Crippen molar-refractivity contribution >= 4 is 15.9 Å². The van der Waals surface area contributed by atoms with Crippen LogP contribution in [-0.4, -0.2) is 31.5 Å². The molecule has 0 unspecified atom stereocenters. The first-order valence-electron chi connectivity index (χ1n) is 4.50. The Morgan fingerprint density at radius 3 is 2.73 bits per heavy atom. The van der Waals surface area contributed by atoms with Gasteiger partial charge in [-0.05, 0) is 28.1 Å². The van der Waals surface area contributed by atoms with Gasteiger partial charge in [-0.2, -0.15) is 0 Å². The smallest absolute Gasteiger partial charge is 0.141 e. The van der Waals surface area contributed by atoms with Crippen LogP contribution in [0.2, 0.25) is 0 Å². The minimum absolute atomic E-state index is 0.00703. The first-order chi connectivity index (χ1) is 7.24. The fourth-order valence-corrected chi connectivity index (χ4v) is 1.20. The summed E-state index contributed by atoms with van der Waals surface area (Å²) in [7, 11) is 0. The number of ether oxygens (including phenoxy) is 2. The molecule has 0 heterocycles. The van der Waals surface area contributed by atoms with Crippen LogP contribution in [0.4, 0.5) is 4.39 Å². The van der Waals surface area contributed by atoms with Crippen LogP contribution >= 0.6 is 15.9 Å². The van der Waals surface area contributed by atoms with Gasteiger partial charge in [-0.1, -0.05) is 0 Å². The van der Waals surface area contributed by atoms with E-state index < -0.39 is 0 Å². The Kier molecular flexibility index (Phi) is 5.60. The molecule has 0 saturated heterocycles. The summed E-state index contributed by atoms with van der Waals surface area (Å²) >= 11 is 3.05. The molecule has 0 bridgehead atoms. The van der Waals surface area contributed by atoms with Crippen LogP contribution in [0.5, 0.6) is 5.75 Å². The number of aliphatic hydroxyl groups is 1. The van der Waals surface area contributed by atoms with Crippen molar-refractivity contribution in [3.05, 3.63) is 28.5 Å². The first-order valence-corrected chi connectivity index (χ1v) is 5.30. The van der Waals surface area contributed by atoms with E-state index in [0.717, 1.165) is 0 Å². The van der Waals surface area contributed by atoms with Gasteiger partial charge in [0.05, 0.1) is 24.3 Å². The summed E-state index contributed by atoms with van der Waals surface area (Å²) in [6.07, 6.45) is 0. The summed E-state index contributed by atoms with van der Waals surface area (Å²) in [5.74, 6) is 0.104. The molecule has 0 amide bonds. The summed E-state index contributed by atoms with van der Waals surface area (Å²) in [6, 6.07) is 4.55. The van der Waals surface area contributed by atoms with Crippen molar-refractivity contribution in [3.8, 4) is 5.75 Å². The van der Waals surface area contributed by atoms with Crippen LogP contribution in [-0.2, 0) is 4.74 Å². The lowest BCUT2D eigenvalue weighted by atomic mass is 10.3. The van der Waals surface area contributed by atoms with Crippen molar-refractivity contribution in [1.82, 2.24) is 0 Å². The molecule has 5 heteroatoms. The molecule has 0 aliphatic heterocycles. The fraction of sp³-hybridized carbons (Fsp3) is 0.400. The topological polar surface area (TPSA) is 38.7 Å². The van der Waals surface area contributed by atoms with Gasteiger partial charge < -0.3 is 14.6 Å². The van der Waals surface area contributed by atoms with Crippen LogP contribution in [0.25, 0.3) is 0 Å². The molecule has 0 fully saturated rings. The Morgan fingerprint density at radius 1 is 1.27 bits per heavy atom. The van der Waals surface area contributed by atoms with Gasteiger partial charge in [-0.25, -0.2) is 4.39 Å². The summed E-state index contributed by atoms with van der Waals surface area (Å²) in [6.45, 7) is 0.990. The fourth-order valence-electron chi connectivity index (χ4n) is 0.952. The predicted molar refractivity (Wildman–Crippen MR) is 57.5 cm³/mol. The molecule has 0 saturated carbocycles. The predicted octanol–water partition coefficient (Wildman–Crippen LogP) is 1.98. The van der Waals surface area contributed by atoms with Gasteiger partial charge in [0.15, 0.2) is 0 Å². The maximum Gasteiger partial charge on any atom is 0.141 e. The van der Waals surface area contributed by atoms with E-state index in [4.69, 9.17) is 14.6 Å². The van der Waals surface area contributed by atoms with E-state index in [2.05, 4.69) is 15.9 Å². The Labute approximate surface area is 95.9 Å². The van der Waals surface area contributed by atoms with Crippen LogP contribution < -0.4 is 4.74 Å². The first kappa shape index (κ1) is 12.4. The van der Waals surface area contributed by atoms with Gasteiger partial charge in [-0.3, -0.25) is 0 Å². The molecule has 0 spiro atoms. The zero-order chi connectivity index (χ0) is 11.1. The van der Waals surface area contributed by atoms with E-state index in [0.29, 0.717) is 23.4 Å². The third kappa shape index (κ3) is 4.59. The molecule has 0 radical (unpaired) electrons. The zero-order valence-electron chi connectivity index (χ0n) is 8.08. The summed E-state index contributed by atoms with van der Waals surface area (Å²) in [5, 5.41) is 8.43. The molecule has 1 aromatic carbocycles. The number of hydrogen-bond acceptors (Lipinski definition) is 3. The lowest BCUT2D eigenvalue weighted by Crippen LogP contribution is -2.09.